The zero-order valence-corrected chi connectivity index (χ0v) is 19.4. The molecular formula is C26H30FN5O2. The molecule has 34 heavy (non-hydrogen) atoms. The van der Waals surface area contributed by atoms with Crippen molar-refractivity contribution in [3.8, 4) is 11.5 Å². The van der Waals surface area contributed by atoms with E-state index in [1.54, 1.807) is 27.9 Å². The Morgan fingerprint density at radius 1 is 0.971 bits per heavy atom. The molecule has 8 heteroatoms. The van der Waals surface area contributed by atoms with Gasteiger partial charge in [0.1, 0.15) is 11.4 Å². The van der Waals surface area contributed by atoms with E-state index in [4.69, 9.17) is 0 Å². The fourth-order valence-corrected chi connectivity index (χ4v) is 5.01. The molecule has 0 N–H and O–H groups in total. The number of aromatic nitrogens is 3. The first kappa shape index (κ1) is 22.4. The van der Waals surface area contributed by atoms with Crippen molar-refractivity contribution in [2.45, 2.75) is 32.6 Å². The number of hydrogen-bond donors (Lipinski definition) is 0. The van der Waals surface area contributed by atoms with E-state index in [0.717, 1.165) is 38.8 Å². The molecule has 5 rings (SSSR count). The van der Waals surface area contributed by atoms with Gasteiger partial charge in [-0.05, 0) is 68.0 Å². The Kier molecular flexibility index (Phi) is 6.22. The molecule has 7 nitrogen and oxygen atoms in total. The van der Waals surface area contributed by atoms with Crippen LogP contribution < -0.4 is 0 Å². The second kappa shape index (κ2) is 9.44. The summed E-state index contributed by atoms with van der Waals surface area (Å²) < 4.78 is 17.0. The van der Waals surface area contributed by atoms with E-state index in [9.17, 15) is 14.0 Å². The molecule has 1 atom stereocenters. The van der Waals surface area contributed by atoms with Crippen molar-refractivity contribution in [1.29, 1.82) is 0 Å². The average molecular weight is 464 g/mol. The summed E-state index contributed by atoms with van der Waals surface area (Å²) in [5.41, 5.74) is 1.12. The number of hydrogen-bond acceptors (Lipinski definition) is 3. The normalized spacial score (nSPS) is 19.4. The Hall–Kier alpha value is -3.42. The Labute approximate surface area is 198 Å². The fraction of sp³-hybridized carbons (Fsp3) is 0.423. The van der Waals surface area contributed by atoms with Gasteiger partial charge in [-0.1, -0.05) is 6.92 Å². The summed E-state index contributed by atoms with van der Waals surface area (Å²) in [6.07, 6.45) is 8.99. The van der Waals surface area contributed by atoms with Crippen LogP contribution in [0.15, 0.2) is 55.0 Å². The molecule has 0 aliphatic carbocycles. The second-order valence-electron chi connectivity index (χ2n) is 9.46. The van der Waals surface area contributed by atoms with Crippen LogP contribution in [0.2, 0.25) is 0 Å². The molecule has 4 heterocycles. The van der Waals surface area contributed by atoms with Crippen LogP contribution in [0.1, 0.15) is 43.0 Å². The highest BCUT2D eigenvalue weighted by Gasteiger charge is 2.34. The third kappa shape index (κ3) is 4.36. The molecule has 2 aliphatic rings. The van der Waals surface area contributed by atoms with Crippen LogP contribution in [0.25, 0.3) is 11.5 Å². The van der Waals surface area contributed by atoms with Crippen LogP contribution >= 0.6 is 0 Å². The fourth-order valence-electron chi connectivity index (χ4n) is 5.01. The third-order valence-electron chi connectivity index (χ3n) is 7.05. The zero-order chi connectivity index (χ0) is 23.7. The minimum Gasteiger partial charge on any atom is -0.342 e. The van der Waals surface area contributed by atoms with E-state index < -0.39 is 0 Å². The topological polar surface area (TPSA) is 63.4 Å². The van der Waals surface area contributed by atoms with Crippen LogP contribution in [-0.4, -0.2) is 62.1 Å². The highest BCUT2D eigenvalue weighted by atomic mass is 19.1. The molecule has 0 bridgehead atoms. The molecule has 0 unspecified atom stereocenters. The Morgan fingerprint density at radius 3 is 2.38 bits per heavy atom. The summed E-state index contributed by atoms with van der Waals surface area (Å²) in [5.74, 6) is 0.812. The number of amides is 2. The highest BCUT2D eigenvalue weighted by molar-refractivity contribution is 5.97. The summed E-state index contributed by atoms with van der Waals surface area (Å²) >= 11 is 0. The van der Waals surface area contributed by atoms with Gasteiger partial charge in [-0.25, -0.2) is 9.07 Å². The monoisotopic (exact) mass is 463 g/mol. The Morgan fingerprint density at radius 2 is 1.68 bits per heavy atom. The predicted octanol–water partition coefficient (Wildman–Crippen LogP) is 3.91. The predicted molar refractivity (Wildman–Crippen MR) is 126 cm³/mol. The van der Waals surface area contributed by atoms with Gasteiger partial charge < -0.3 is 14.4 Å². The lowest BCUT2D eigenvalue weighted by atomic mass is 9.93. The van der Waals surface area contributed by atoms with Gasteiger partial charge in [0.15, 0.2) is 5.82 Å². The Bertz CT molecular complexity index is 1150. The number of piperidine rings is 2. The number of halogens is 1. The summed E-state index contributed by atoms with van der Waals surface area (Å²) in [5, 5.41) is 4.47. The van der Waals surface area contributed by atoms with E-state index in [2.05, 4.69) is 12.0 Å². The molecule has 0 radical (unpaired) electrons. The van der Waals surface area contributed by atoms with E-state index in [1.807, 2.05) is 34.0 Å². The van der Waals surface area contributed by atoms with Gasteiger partial charge >= 0.3 is 0 Å². The average Bonchev–Trinajstić information content (AvgIpc) is 3.54. The molecule has 178 valence electrons. The second-order valence-corrected chi connectivity index (χ2v) is 9.46. The lowest BCUT2D eigenvalue weighted by Crippen LogP contribution is -2.48. The summed E-state index contributed by atoms with van der Waals surface area (Å²) in [6.45, 7) is 4.90. The molecule has 2 saturated heterocycles. The number of likely N-dealkylation sites (tertiary alicyclic amines) is 2. The van der Waals surface area contributed by atoms with Crippen molar-refractivity contribution < 1.29 is 14.0 Å². The maximum absolute atomic E-state index is 13.7. The molecule has 2 fully saturated rings. The first-order valence-corrected chi connectivity index (χ1v) is 12.1. The molecule has 3 aromatic rings. The quantitative estimate of drug-likeness (QED) is 0.589. The van der Waals surface area contributed by atoms with Gasteiger partial charge in [-0.2, -0.15) is 5.10 Å². The lowest BCUT2D eigenvalue weighted by molar-refractivity contribution is -0.138. The van der Waals surface area contributed by atoms with Crippen molar-refractivity contribution in [3.05, 3.63) is 66.4 Å². The summed E-state index contributed by atoms with van der Waals surface area (Å²) in [6, 6.07) is 9.79. The van der Waals surface area contributed by atoms with Gasteiger partial charge in [0.25, 0.3) is 5.91 Å². The summed E-state index contributed by atoms with van der Waals surface area (Å²) in [7, 11) is 0. The lowest BCUT2D eigenvalue weighted by Gasteiger charge is -2.37. The van der Waals surface area contributed by atoms with E-state index >= 15 is 0 Å². The molecule has 0 spiro atoms. The van der Waals surface area contributed by atoms with Gasteiger partial charge in [0.2, 0.25) is 5.91 Å². The van der Waals surface area contributed by atoms with E-state index in [1.165, 1.54) is 12.1 Å². The van der Waals surface area contributed by atoms with E-state index in [-0.39, 0.29) is 23.5 Å². The maximum atomic E-state index is 13.7. The van der Waals surface area contributed by atoms with Crippen molar-refractivity contribution >= 4 is 11.8 Å². The van der Waals surface area contributed by atoms with Crippen molar-refractivity contribution in [3.63, 3.8) is 0 Å². The molecule has 1 aromatic carbocycles. The van der Waals surface area contributed by atoms with Crippen molar-refractivity contribution in [2.24, 2.45) is 11.8 Å². The summed E-state index contributed by atoms with van der Waals surface area (Å²) in [4.78, 5) is 30.6. The van der Waals surface area contributed by atoms with Gasteiger partial charge in [0, 0.05) is 38.6 Å². The van der Waals surface area contributed by atoms with Crippen LogP contribution in [0.3, 0.4) is 0 Å². The number of benzene rings is 1. The zero-order valence-electron chi connectivity index (χ0n) is 19.4. The first-order chi connectivity index (χ1) is 16.5. The minimum atomic E-state index is -0.332. The van der Waals surface area contributed by atoms with Crippen molar-refractivity contribution in [1.82, 2.24) is 24.1 Å². The highest BCUT2D eigenvalue weighted by Crippen LogP contribution is 2.26. The maximum Gasteiger partial charge on any atom is 0.259 e. The van der Waals surface area contributed by atoms with Crippen LogP contribution in [-0.2, 0) is 4.79 Å². The molecular weight excluding hydrogens is 433 g/mol. The number of carbonyl (C=O) groups is 2. The first-order valence-electron chi connectivity index (χ1n) is 12.1. The van der Waals surface area contributed by atoms with Crippen LogP contribution in [0.5, 0.6) is 0 Å². The Balaban J connectivity index is 1.40. The van der Waals surface area contributed by atoms with Gasteiger partial charge in [0.05, 0.1) is 17.8 Å². The van der Waals surface area contributed by atoms with Crippen LogP contribution in [0, 0.1) is 17.7 Å². The number of nitrogens with zero attached hydrogens (tertiary/aromatic N) is 5. The standard InChI is InChI=1S/C26H30FN5O2/c1-19-10-15-30(16-11-19)25(33)20-5-4-14-31(18-20)26(34)23-17-28-32(22-8-6-21(27)7-9-22)24(23)29-12-2-3-13-29/h2-3,6-9,12-13,17,19-20H,4-5,10-11,14-16,18H2,1H3/t20-/m0/s1. The van der Waals surface area contributed by atoms with Crippen molar-refractivity contribution in [2.75, 3.05) is 26.2 Å². The number of rotatable bonds is 4. The number of carbonyl (C=O) groups excluding carboxylic acids is 2. The third-order valence-corrected chi connectivity index (χ3v) is 7.05. The van der Waals surface area contributed by atoms with Gasteiger partial charge in [-0.15, -0.1) is 0 Å². The molecule has 0 saturated carbocycles. The van der Waals surface area contributed by atoms with Gasteiger partial charge in [-0.3, -0.25) is 9.59 Å². The largest absolute Gasteiger partial charge is 0.342 e. The minimum absolute atomic E-state index is 0.137. The SMILES string of the molecule is CC1CCN(C(=O)[C@H]2CCCN(C(=O)c3cnn(-c4ccc(F)cc4)c3-n3cccc3)C2)CC1. The van der Waals surface area contributed by atoms with E-state index in [0.29, 0.717) is 36.1 Å². The molecule has 2 amide bonds. The van der Waals surface area contributed by atoms with Crippen LogP contribution in [0.4, 0.5) is 4.39 Å². The smallest absolute Gasteiger partial charge is 0.259 e. The molecule has 2 aliphatic heterocycles. The molecule has 2 aromatic heterocycles.